The maximum atomic E-state index is 11.4. The van der Waals surface area contributed by atoms with Gasteiger partial charge in [0.05, 0.1) is 28.6 Å². The quantitative estimate of drug-likeness (QED) is 0.244. The number of carbonyl (C=O) groups is 1. The zero-order valence-electron chi connectivity index (χ0n) is 20.6. The van der Waals surface area contributed by atoms with E-state index in [4.69, 9.17) is 53.8 Å². The summed E-state index contributed by atoms with van der Waals surface area (Å²) in [7, 11) is 0. The number of carbonyl (C=O) groups excluding carboxylic acids is 1. The van der Waals surface area contributed by atoms with Crippen molar-refractivity contribution < 1.29 is 28.8 Å². The lowest BCUT2D eigenvalue weighted by molar-refractivity contribution is -0.152. The van der Waals surface area contributed by atoms with Crippen LogP contribution in [0.5, 0.6) is 11.5 Å². The van der Waals surface area contributed by atoms with Gasteiger partial charge >= 0.3 is 5.97 Å². The van der Waals surface area contributed by atoms with E-state index in [9.17, 15) is 9.90 Å². The molecule has 0 aliphatic rings. The molecule has 0 bridgehead atoms. The summed E-state index contributed by atoms with van der Waals surface area (Å²) < 4.78 is 22.2. The van der Waals surface area contributed by atoms with Gasteiger partial charge in [-0.25, -0.2) is 0 Å². The molecule has 2 atom stereocenters. The minimum absolute atomic E-state index is 0.00491. The minimum atomic E-state index is -0.812. The largest absolute Gasteiger partial charge is 0.490 e. The maximum Gasteiger partial charge on any atom is 0.303 e. The normalized spacial score (nSPS) is 13.4. The van der Waals surface area contributed by atoms with Gasteiger partial charge in [0.15, 0.2) is 11.9 Å². The molecule has 0 saturated carbocycles. The number of hydrogen-bond acceptors (Lipinski definition) is 6. The van der Waals surface area contributed by atoms with Crippen molar-refractivity contribution in [3.8, 4) is 11.5 Å². The highest BCUT2D eigenvalue weighted by Gasteiger charge is 2.26. The Morgan fingerprint density at radius 1 is 0.971 bits per heavy atom. The second kappa shape index (κ2) is 13.6. The van der Waals surface area contributed by atoms with E-state index in [-0.39, 0.29) is 37.8 Å². The van der Waals surface area contributed by atoms with E-state index < -0.39 is 17.6 Å². The Hall–Kier alpha value is -1.70. The smallest absolute Gasteiger partial charge is 0.303 e. The molecule has 0 aliphatic carbocycles. The molecule has 6 nitrogen and oxygen atoms in total. The lowest BCUT2D eigenvalue weighted by Crippen LogP contribution is -2.30. The molecule has 2 rings (SSSR count). The topological polar surface area (TPSA) is 74.2 Å². The first-order chi connectivity index (χ1) is 16.4. The van der Waals surface area contributed by atoms with Crippen LogP contribution in [0.15, 0.2) is 36.4 Å². The zero-order valence-corrected chi connectivity index (χ0v) is 22.9. The summed E-state index contributed by atoms with van der Waals surface area (Å²) in [6.45, 7) is 9.74. The molecule has 0 aromatic heterocycles. The zero-order chi connectivity index (χ0) is 26.2. The van der Waals surface area contributed by atoms with Crippen LogP contribution >= 0.6 is 34.8 Å². The first-order valence-electron chi connectivity index (χ1n) is 11.3. The molecule has 2 aromatic carbocycles. The molecule has 0 heterocycles. The molecule has 1 N–H and O–H groups in total. The third kappa shape index (κ3) is 9.03. The maximum absolute atomic E-state index is 11.4. The van der Waals surface area contributed by atoms with Crippen LogP contribution < -0.4 is 9.47 Å². The lowest BCUT2D eigenvalue weighted by atomic mass is 9.78. The van der Waals surface area contributed by atoms with Crippen LogP contribution in [-0.4, -0.2) is 55.1 Å². The van der Waals surface area contributed by atoms with Crippen LogP contribution in [0.1, 0.15) is 45.7 Å². The molecule has 2 aromatic rings. The predicted molar refractivity (Wildman–Crippen MR) is 139 cm³/mol. The summed E-state index contributed by atoms with van der Waals surface area (Å²) >= 11 is 18.5. The van der Waals surface area contributed by atoms with E-state index in [0.29, 0.717) is 21.5 Å². The van der Waals surface area contributed by atoms with Gasteiger partial charge in [0, 0.05) is 12.3 Å². The van der Waals surface area contributed by atoms with Crippen LogP contribution in [0, 0.1) is 0 Å². The molecule has 0 amide bonds. The molecule has 9 heteroatoms. The number of halogens is 3. The van der Waals surface area contributed by atoms with E-state index in [0.717, 1.165) is 11.1 Å². The van der Waals surface area contributed by atoms with Gasteiger partial charge in [-0.3, -0.25) is 4.79 Å². The Bertz CT molecular complexity index is 939. The van der Waals surface area contributed by atoms with Crippen LogP contribution in [0.3, 0.4) is 0 Å². The molecular weight excluding hydrogens is 515 g/mol. The van der Waals surface area contributed by atoms with Gasteiger partial charge in [-0.2, -0.15) is 0 Å². The first-order valence-corrected chi connectivity index (χ1v) is 12.6. The number of aliphatic hydroxyl groups is 1. The fourth-order valence-corrected chi connectivity index (χ4v) is 3.94. The van der Waals surface area contributed by atoms with Gasteiger partial charge in [0.2, 0.25) is 0 Å². The minimum Gasteiger partial charge on any atom is -0.490 e. The first kappa shape index (κ1) is 29.5. The van der Waals surface area contributed by atoms with E-state index in [2.05, 4.69) is 13.8 Å². The summed E-state index contributed by atoms with van der Waals surface area (Å²) in [4.78, 5) is 11.4. The monoisotopic (exact) mass is 546 g/mol. The molecule has 0 spiro atoms. The number of aliphatic hydroxyl groups excluding tert-OH is 1. The average Bonchev–Trinajstić information content (AvgIpc) is 2.79. The number of benzene rings is 2. The summed E-state index contributed by atoms with van der Waals surface area (Å²) in [5, 5.41) is 10.3. The predicted octanol–water partition coefficient (Wildman–Crippen LogP) is 6.03. The number of hydrogen-bond donors (Lipinski definition) is 1. The summed E-state index contributed by atoms with van der Waals surface area (Å²) in [6.07, 6.45) is -1.29. The fourth-order valence-electron chi connectivity index (χ4n) is 3.26. The second-order valence-electron chi connectivity index (χ2n) is 8.96. The average molecular weight is 548 g/mol. The summed E-state index contributed by atoms with van der Waals surface area (Å²) in [6, 6.07) is 11.3. The van der Waals surface area contributed by atoms with Crippen molar-refractivity contribution in [1.82, 2.24) is 0 Å². The van der Waals surface area contributed by atoms with Gasteiger partial charge in [-0.1, -0.05) is 49.2 Å². The van der Waals surface area contributed by atoms with Crippen LogP contribution in [-0.2, 0) is 19.7 Å². The Kier molecular flexibility index (Phi) is 11.4. The highest BCUT2D eigenvalue weighted by atomic mass is 35.5. The van der Waals surface area contributed by atoms with Crippen molar-refractivity contribution >= 4 is 40.8 Å². The Morgan fingerprint density at radius 3 is 2.09 bits per heavy atom. The fraction of sp³-hybridized carbons (Fsp3) is 0.500. The van der Waals surface area contributed by atoms with Gasteiger partial charge in [-0.05, 0) is 49.2 Å². The Balaban J connectivity index is 2.12. The molecule has 35 heavy (non-hydrogen) atoms. The van der Waals surface area contributed by atoms with E-state index in [1.807, 2.05) is 38.1 Å². The van der Waals surface area contributed by atoms with Crippen LogP contribution in [0.2, 0.25) is 10.0 Å². The van der Waals surface area contributed by atoms with Crippen LogP contribution in [0.4, 0.5) is 0 Å². The Morgan fingerprint density at radius 2 is 1.57 bits per heavy atom. The molecule has 194 valence electrons. The van der Waals surface area contributed by atoms with E-state index in [1.54, 1.807) is 12.1 Å². The van der Waals surface area contributed by atoms with Crippen molar-refractivity contribution in [2.45, 2.75) is 58.3 Å². The highest BCUT2D eigenvalue weighted by molar-refractivity contribution is 6.37. The molecule has 0 fully saturated rings. The number of rotatable bonds is 13. The van der Waals surface area contributed by atoms with Gasteiger partial charge < -0.3 is 24.1 Å². The van der Waals surface area contributed by atoms with Crippen molar-refractivity contribution in [2.24, 2.45) is 0 Å². The lowest BCUT2D eigenvalue weighted by Gasteiger charge is -2.27. The molecular formula is C26H33Cl3O6. The van der Waals surface area contributed by atoms with Crippen molar-refractivity contribution in [1.29, 1.82) is 0 Å². The second-order valence-corrected chi connectivity index (χ2v) is 10.1. The van der Waals surface area contributed by atoms with Crippen LogP contribution in [0.25, 0.3) is 0 Å². The highest BCUT2D eigenvalue weighted by Crippen LogP contribution is 2.40. The third-order valence-electron chi connectivity index (χ3n) is 5.28. The molecule has 0 radical (unpaired) electrons. The number of alkyl halides is 1. The van der Waals surface area contributed by atoms with Crippen molar-refractivity contribution in [2.75, 3.05) is 25.7 Å². The Labute approximate surface area is 222 Å². The van der Waals surface area contributed by atoms with Gasteiger partial charge in [0.1, 0.15) is 25.1 Å². The third-order valence-corrected chi connectivity index (χ3v) is 6.20. The molecule has 0 saturated heterocycles. The SMILES string of the molecule is CC(=O)OC(COc1ccc(C(C)(C)c2cc(Cl)c(OCC(O)CCl)c(Cl)c2)cc1)COC(C)C. The number of ether oxygens (including phenoxy) is 4. The van der Waals surface area contributed by atoms with Gasteiger partial charge in [0.25, 0.3) is 0 Å². The molecule has 0 aliphatic heterocycles. The summed E-state index contributed by atoms with van der Waals surface area (Å²) in [5.41, 5.74) is 1.49. The van der Waals surface area contributed by atoms with Crippen molar-refractivity contribution in [3.05, 3.63) is 57.6 Å². The molecule has 2 unspecified atom stereocenters. The van der Waals surface area contributed by atoms with E-state index >= 15 is 0 Å². The van der Waals surface area contributed by atoms with E-state index in [1.165, 1.54) is 6.92 Å². The summed E-state index contributed by atoms with van der Waals surface area (Å²) in [5.74, 6) is 0.622. The van der Waals surface area contributed by atoms with Gasteiger partial charge in [-0.15, -0.1) is 11.6 Å². The van der Waals surface area contributed by atoms with Crippen molar-refractivity contribution in [3.63, 3.8) is 0 Å². The standard InChI is InChI=1S/C26H33Cl3O6/c1-16(2)32-14-22(35-17(3)30)15-33-21-8-6-18(7-9-21)26(4,5)19-10-23(28)25(24(29)11-19)34-13-20(31)12-27/h6-11,16,20,22,31H,12-15H2,1-5H3. The number of esters is 1.